The molecular weight excluding hydrogens is 310 g/mol. The van der Waals surface area contributed by atoms with Gasteiger partial charge in [-0.05, 0) is 18.6 Å². The molecule has 0 radical (unpaired) electrons. The van der Waals surface area contributed by atoms with Gasteiger partial charge in [0.1, 0.15) is 0 Å². The van der Waals surface area contributed by atoms with Gasteiger partial charge in [0.05, 0.1) is 11.3 Å². The summed E-state index contributed by atoms with van der Waals surface area (Å²) in [6.45, 7) is 2.21. The molecule has 0 saturated carbocycles. The highest BCUT2D eigenvalue weighted by Crippen LogP contribution is 2.17. The van der Waals surface area contributed by atoms with Gasteiger partial charge in [0, 0.05) is 17.2 Å². The second-order valence-electron chi connectivity index (χ2n) is 3.94. The molecule has 0 aliphatic rings. The minimum absolute atomic E-state index is 0.117. The van der Waals surface area contributed by atoms with Crippen LogP contribution in [0.25, 0.3) is 0 Å². The van der Waals surface area contributed by atoms with Gasteiger partial charge >= 0.3 is 5.97 Å². The zero-order valence-electron chi connectivity index (χ0n) is 10.2. The van der Waals surface area contributed by atoms with E-state index in [0.29, 0.717) is 18.2 Å². The summed E-state index contributed by atoms with van der Waals surface area (Å²) in [6.07, 6.45) is 1.31. The first-order chi connectivity index (χ1) is 9.08. The molecule has 1 aromatic carbocycles. The molecule has 0 unspecified atom stereocenters. The van der Waals surface area contributed by atoms with E-state index in [0.717, 1.165) is 10.0 Å². The Morgan fingerprint density at radius 1 is 1.42 bits per heavy atom. The van der Waals surface area contributed by atoms with Crippen LogP contribution in [0.1, 0.15) is 21.6 Å². The first kappa shape index (κ1) is 13.5. The fourth-order valence-electron chi connectivity index (χ4n) is 1.58. The van der Waals surface area contributed by atoms with Crippen molar-refractivity contribution in [2.45, 2.75) is 13.5 Å². The van der Waals surface area contributed by atoms with Gasteiger partial charge in [0.15, 0.2) is 0 Å². The number of hydrogen-bond donors (Lipinski definition) is 2. The smallest absolute Gasteiger partial charge is 0.339 e. The number of carboxylic acids is 1. The van der Waals surface area contributed by atoms with Crippen LogP contribution >= 0.6 is 15.9 Å². The maximum atomic E-state index is 10.9. The van der Waals surface area contributed by atoms with Crippen molar-refractivity contribution in [2.24, 2.45) is 0 Å². The molecule has 19 heavy (non-hydrogen) atoms. The molecule has 98 valence electrons. The van der Waals surface area contributed by atoms with Crippen LogP contribution in [-0.2, 0) is 6.54 Å². The Kier molecular flexibility index (Phi) is 4.11. The number of rotatable bonds is 4. The number of hydrogen-bond acceptors (Lipinski definition) is 4. The van der Waals surface area contributed by atoms with E-state index in [2.05, 4.69) is 31.2 Å². The number of aromatic nitrogens is 2. The molecule has 2 rings (SSSR count). The molecule has 1 heterocycles. The third-order valence-electron chi connectivity index (χ3n) is 2.60. The van der Waals surface area contributed by atoms with Gasteiger partial charge < -0.3 is 10.4 Å². The van der Waals surface area contributed by atoms with Crippen molar-refractivity contribution < 1.29 is 9.90 Å². The van der Waals surface area contributed by atoms with Gasteiger partial charge in [-0.2, -0.15) is 0 Å². The molecule has 0 aliphatic carbocycles. The molecule has 5 nitrogen and oxygen atoms in total. The topological polar surface area (TPSA) is 75.1 Å². The van der Waals surface area contributed by atoms with Crippen LogP contribution in [-0.4, -0.2) is 21.0 Å². The SMILES string of the molecule is Cc1nc(NCc2ccccc2Br)ncc1C(=O)O. The van der Waals surface area contributed by atoms with Crippen molar-refractivity contribution in [1.82, 2.24) is 9.97 Å². The van der Waals surface area contributed by atoms with Crippen LogP contribution in [0.15, 0.2) is 34.9 Å². The van der Waals surface area contributed by atoms with E-state index in [4.69, 9.17) is 5.11 Å². The summed E-state index contributed by atoms with van der Waals surface area (Å²) < 4.78 is 1.00. The largest absolute Gasteiger partial charge is 0.478 e. The number of aryl methyl sites for hydroxylation is 1. The number of nitrogens with zero attached hydrogens (tertiary/aromatic N) is 2. The molecule has 1 aromatic heterocycles. The fraction of sp³-hybridized carbons (Fsp3) is 0.154. The minimum atomic E-state index is -1.02. The molecule has 6 heteroatoms. The lowest BCUT2D eigenvalue weighted by atomic mass is 10.2. The van der Waals surface area contributed by atoms with Crippen molar-refractivity contribution in [2.75, 3.05) is 5.32 Å². The summed E-state index contributed by atoms with van der Waals surface area (Å²) >= 11 is 3.46. The summed E-state index contributed by atoms with van der Waals surface area (Å²) in [7, 11) is 0. The number of carbonyl (C=O) groups is 1. The maximum Gasteiger partial charge on any atom is 0.339 e. The minimum Gasteiger partial charge on any atom is -0.478 e. The molecule has 0 saturated heterocycles. The molecule has 0 spiro atoms. The molecule has 0 aliphatic heterocycles. The van der Waals surface area contributed by atoms with Crippen LogP contribution in [0.4, 0.5) is 5.95 Å². The van der Waals surface area contributed by atoms with E-state index in [1.54, 1.807) is 6.92 Å². The summed E-state index contributed by atoms with van der Waals surface area (Å²) in [5.74, 6) is -0.604. The third kappa shape index (κ3) is 3.29. The number of carboxylic acid groups (broad SMARTS) is 1. The first-order valence-electron chi connectivity index (χ1n) is 5.62. The Hall–Kier alpha value is -1.95. The van der Waals surface area contributed by atoms with Gasteiger partial charge in [-0.15, -0.1) is 0 Å². The number of nitrogens with one attached hydrogen (secondary N) is 1. The van der Waals surface area contributed by atoms with E-state index in [1.165, 1.54) is 6.20 Å². The van der Waals surface area contributed by atoms with Crippen molar-refractivity contribution in [3.05, 3.63) is 51.8 Å². The predicted octanol–water partition coefficient (Wildman–Crippen LogP) is 2.86. The summed E-state index contributed by atoms with van der Waals surface area (Å²) in [5, 5.41) is 12.0. The lowest BCUT2D eigenvalue weighted by Crippen LogP contribution is -2.08. The van der Waals surface area contributed by atoms with Crippen LogP contribution in [0, 0.1) is 6.92 Å². The van der Waals surface area contributed by atoms with Gasteiger partial charge in [-0.3, -0.25) is 0 Å². The van der Waals surface area contributed by atoms with Gasteiger partial charge in [0.2, 0.25) is 5.95 Å². The van der Waals surface area contributed by atoms with Crippen molar-refractivity contribution in [3.63, 3.8) is 0 Å². The van der Waals surface area contributed by atoms with Crippen molar-refractivity contribution in [3.8, 4) is 0 Å². The summed E-state index contributed by atoms with van der Waals surface area (Å²) in [5.41, 5.74) is 1.63. The molecule has 0 atom stereocenters. The van der Waals surface area contributed by atoms with E-state index >= 15 is 0 Å². The number of halogens is 1. The average molecular weight is 322 g/mol. The highest BCUT2D eigenvalue weighted by molar-refractivity contribution is 9.10. The second-order valence-corrected chi connectivity index (χ2v) is 4.80. The second kappa shape index (κ2) is 5.79. The molecule has 2 N–H and O–H groups in total. The van der Waals surface area contributed by atoms with Crippen molar-refractivity contribution >= 4 is 27.8 Å². The third-order valence-corrected chi connectivity index (χ3v) is 3.38. The van der Waals surface area contributed by atoms with Crippen LogP contribution in [0.2, 0.25) is 0 Å². The zero-order chi connectivity index (χ0) is 13.8. The van der Waals surface area contributed by atoms with E-state index in [1.807, 2.05) is 24.3 Å². The van der Waals surface area contributed by atoms with Crippen LogP contribution in [0.3, 0.4) is 0 Å². The monoisotopic (exact) mass is 321 g/mol. The van der Waals surface area contributed by atoms with Gasteiger partial charge in [-0.1, -0.05) is 34.1 Å². The fourth-order valence-corrected chi connectivity index (χ4v) is 2.00. The quantitative estimate of drug-likeness (QED) is 0.905. The lowest BCUT2D eigenvalue weighted by Gasteiger charge is -2.08. The number of anilines is 1. The van der Waals surface area contributed by atoms with Gasteiger partial charge in [0.25, 0.3) is 0 Å². The zero-order valence-corrected chi connectivity index (χ0v) is 11.8. The summed E-state index contributed by atoms with van der Waals surface area (Å²) in [4.78, 5) is 19.0. The first-order valence-corrected chi connectivity index (χ1v) is 6.41. The Labute approximate surface area is 118 Å². The molecule has 0 amide bonds. The standard InChI is InChI=1S/C13H12BrN3O2/c1-8-10(12(18)19)7-16-13(17-8)15-6-9-4-2-3-5-11(9)14/h2-5,7H,6H2,1H3,(H,18,19)(H,15,16,17). The Morgan fingerprint density at radius 2 is 2.16 bits per heavy atom. The Morgan fingerprint density at radius 3 is 2.79 bits per heavy atom. The Balaban J connectivity index is 2.11. The maximum absolute atomic E-state index is 10.9. The van der Waals surface area contributed by atoms with E-state index < -0.39 is 5.97 Å². The normalized spacial score (nSPS) is 10.2. The molecular formula is C13H12BrN3O2. The number of benzene rings is 1. The van der Waals surface area contributed by atoms with Gasteiger partial charge in [-0.25, -0.2) is 14.8 Å². The molecule has 0 bridgehead atoms. The average Bonchev–Trinajstić information content (AvgIpc) is 2.37. The van der Waals surface area contributed by atoms with E-state index in [-0.39, 0.29) is 5.56 Å². The predicted molar refractivity (Wildman–Crippen MR) is 75.2 cm³/mol. The Bertz CT molecular complexity index is 617. The van der Waals surface area contributed by atoms with Crippen LogP contribution < -0.4 is 5.32 Å². The number of aromatic carboxylic acids is 1. The molecule has 2 aromatic rings. The molecule has 0 fully saturated rings. The van der Waals surface area contributed by atoms with E-state index in [9.17, 15) is 4.79 Å². The lowest BCUT2D eigenvalue weighted by molar-refractivity contribution is 0.0695. The summed E-state index contributed by atoms with van der Waals surface area (Å²) in [6, 6.07) is 7.82. The highest BCUT2D eigenvalue weighted by Gasteiger charge is 2.09. The van der Waals surface area contributed by atoms with Crippen molar-refractivity contribution in [1.29, 1.82) is 0 Å². The van der Waals surface area contributed by atoms with Crippen LogP contribution in [0.5, 0.6) is 0 Å². The highest BCUT2D eigenvalue weighted by atomic mass is 79.9.